The van der Waals surface area contributed by atoms with E-state index < -0.39 is 0 Å². The van der Waals surface area contributed by atoms with E-state index in [1.165, 1.54) is 11.1 Å². The number of nitrogens with one attached hydrogen (secondary N) is 1. The largest absolute Gasteiger partial charge is 0.350 e. The third-order valence-corrected chi connectivity index (χ3v) is 3.27. The summed E-state index contributed by atoms with van der Waals surface area (Å²) in [5.74, 6) is 0. The molecule has 0 unspecified atom stereocenters. The van der Waals surface area contributed by atoms with Gasteiger partial charge in [0.25, 0.3) is 0 Å². The van der Waals surface area contributed by atoms with Gasteiger partial charge < -0.3 is 9.88 Å². The number of hydrogen-bond donors (Lipinski definition) is 1. The predicted molar refractivity (Wildman–Crippen MR) is 79.7 cm³/mol. The van der Waals surface area contributed by atoms with E-state index in [1.54, 1.807) is 0 Å². The van der Waals surface area contributed by atoms with Crippen molar-refractivity contribution in [1.82, 2.24) is 9.88 Å². The standard InChI is InChI=1S/C15H19BrN2/c1-12(2)17-9-14-6-7-18(11-14)10-13-4-3-5-15(16)8-13/h3-8,11-12,17H,9-10H2,1-2H3. The van der Waals surface area contributed by atoms with Gasteiger partial charge in [0.2, 0.25) is 0 Å². The van der Waals surface area contributed by atoms with Crippen LogP contribution in [0.1, 0.15) is 25.0 Å². The third-order valence-electron chi connectivity index (χ3n) is 2.78. The second-order valence-corrected chi connectivity index (χ2v) is 5.77. The number of rotatable bonds is 5. The number of nitrogens with zero attached hydrogens (tertiary/aromatic N) is 1. The maximum absolute atomic E-state index is 3.50. The summed E-state index contributed by atoms with van der Waals surface area (Å²) >= 11 is 3.50. The van der Waals surface area contributed by atoms with Crippen LogP contribution >= 0.6 is 15.9 Å². The van der Waals surface area contributed by atoms with E-state index >= 15 is 0 Å². The Balaban J connectivity index is 1.98. The summed E-state index contributed by atoms with van der Waals surface area (Å²) in [5.41, 5.74) is 2.64. The Bertz CT molecular complexity index is 503. The molecule has 0 aliphatic carbocycles. The molecule has 3 heteroatoms. The third kappa shape index (κ3) is 4.00. The number of aromatic nitrogens is 1. The lowest BCUT2D eigenvalue weighted by Gasteiger charge is -2.06. The van der Waals surface area contributed by atoms with Gasteiger partial charge in [-0.2, -0.15) is 0 Å². The van der Waals surface area contributed by atoms with Crippen molar-refractivity contribution < 1.29 is 0 Å². The van der Waals surface area contributed by atoms with Crippen LogP contribution in [0.2, 0.25) is 0 Å². The summed E-state index contributed by atoms with van der Waals surface area (Å²) in [6.07, 6.45) is 4.34. The van der Waals surface area contributed by atoms with E-state index in [1.807, 2.05) is 0 Å². The van der Waals surface area contributed by atoms with Crippen LogP contribution in [-0.4, -0.2) is 10.6 Å². The minimum absolute atomic E-state index is 0.526. The molecular weight excluding hydrogens is 288 g/mol. The average Bonchev–Trinajstić information content (AvgIpc) is 2.74. The highest BCUT2D eigenvalue weighted by molar-refractivity contribution is 9.10. The Kier molecular flexibility index (Phi) is 4.61. The van der Waals surface area contributed by atoms with Gasteiger partial charge in [-0.05, 0) is 29.3 Å². The fourth-order valence-corrected chi connectivity index (χ4v) is 2.31. The summed E-state index contributed by atoms with van der Waals surface area (Å²) in [6, 6.07) is 11.1. The maximum atomic E-state index is 3.50. The minimum Gasteiger partial charge on any atom is -0.350 e. The molecule has 0 radical (unpaired) electrons. The molecule has 0 amide bonds. The van der Waals surface area contributed by atoms with E-state index in [-0.39, 0.29) is 0 Å². The normalized spacial score (nSPS) is 11.1. The van der Waals surface area contributed by atoms with Gasteiger partial charge in [0, 0.05) is 36.0 Å². The molecule has 96 valence electrons. The van der Waals surface area contributed by atoms with Crippen molar-refractivity contribution >= 4 is 15.9 Å². The van der Waals surface area contributed by atoms with Crippen molar-refractivity contribution in [1.29, 1.82) is 0 Å². The van der Waals surface area contributed by atoms with Crippen LogP contribution in [0, 0.1) is 0 Å². The number of benzene rings is 1. The predicted octanol–water partition coefficient (Wildman–Crippen LogP) is 3.80. The molecule has 0 aliphatic rings. The zero-order chi connectivity index (χ0) is 13.0. The van der Waals surface area contributed by atoms with Gasteiger partial charge in [0.15, 0.2) is 0 Å². The SMILES string of the molecule is CC(C)NCc1ccn(Cc2cccc(Br)c2)c1. The van der Waals surface area contributed by atoms with Crippen LogP contribution in [0.5, 0.6) is 0 Å². The topological polar surface area (TPSA) is 17.0 Å². The summed E-state index contributed by atoms with van der Waals surface area (Å²) < 4.78 is 3.35. The molecule has 0 spiro atoms. The van der Waals surface area contributed by atoms with Crippen LogP contribution in [0.25, 0.3) is 0 Å². The molecule has 0 atom stereocenters. The monoisotopic (exact) mass is 306 g/mol. The van der Waals surface area contributed by atoms with Crippen molar-refractivity contribution in [2.45, 2.75) is 33.0 Å². The zero-order valence-corrected chi connectivity index (χ0v) is 12.4. The zero-order valence-electron chi connectivity index (χ0n) is 10.9. The highest BCUT2D eigenvalue weighted by atomic mass is 79.9. The highest BCUT2D eigenvalue weighted by Crippen LogP contribution is 2.13. The molecule has 1 aromatic heterocycles. The molecule has 0 aliphatic heterocycles. The number of hydrogen-bond acceptors (Lipinski definition) is 1. The molecule has 0 fully saturated rings. The fourth-order valence-electron chi connectivity index (χ4n) is 1.86. The Morgan fingerprint density at radius 1 is 1.22 bits per heavy atom. The van der Waals surface area contributed by atoms with Crippen molar-refractivity contribution in [3.8, 4) is 0 Å². The maximum Gasteiger partial charge on any atom is 0.0470 e. The lowest BCUT2D eigenvalue weighted by Crippen LogP contribution is -2.21. The lowest BCUT2D eigenvalue weighted by atomic mass is 10.2. The van der Waals surface area contributed by atoms with Gasteiger partial charge in [-0.1, -0.05) is 41.9 Å². The van der Waals surface area contributed by atoms with Crippen LogP contribution < -0.4 is 5.32 Å². The molecule has 1 N–H and O–H groups in total. The van der Waals surface area contributed by atoms with Crippen LogP contribution in [-0.2, 0) is 13.1 Å². The summed E-state index contributed by atoms with van der Waals surface area (Å²) in [5, 5.41) is 3.43. The van der Waals surface area contributed by atoms with Crippen molar-refractivity contribution in [3.63, 3.8) is 0 Å². The molecule has 0 bridgehead atoms. The first-order valence-electron chi connectivity index (χ1n) is 6.26. The Morgan fingerprint density at radius 2 is 2.06 bits per heavy atom. The molecule has 1 aromatic carbocycles. The van der Waals surface area contributed by atoms with Crippen LogP contribution in [0.3, 0.4) is 0 Å². The second kappa shape index (κ2) is 6.21. The minimum atomic E-state index is 0.526. The smallest absolute Gasteiger partial charge is 0.0470 e. The molecule has 0 saturated carbocycles. The van der Waals surface area contributed by atoms with Gasteiger partial charge in [0.1, 0.15) is 0 Å². The highest BCUT2D eigenvalue weighted by Gasteiger charge is 2.00. The Morgan fingerprint density at radius 3 is 2.78 bits per heavy atom. The van der Waals surface area contributed by atoms with Gasteiger partial charge in [-0.25, -0.2) is 0 Å². The van der Waals surface area contributed by atoms with Crippen LogP contribution in [0.4, 0.5) is 0 Å². The summed E-state index contributed by atoms with van der Waals surface area (Å²) in [6.45, 7) is 6.18. The fraction of sp³-hybridized carbons (Fsp3) is 0.333. The van der Waals surface area contributed by atoms with Gasteiger partial charge in [-0.3, -0.25) is 0 Å². The van der Waals surface area contributed by atoms with E-state index in [9.17, 15) is 0 Å². The summed E-state index contributed by atoms with van der Waals surface area (Å²) in [4.78, 5) is 0. The van der Waals surface area contributed by atoms with Gasteiger partial charge in [-0.15, -0.1) is 0 Å². The first kappa shape index (κ1) is 13.4. The van der Waals surface area contributed by atoms with E-state index in [0.29, 0.717) is 6.04 Å². The van der Waals surface area contributed by atoms with Crippen molar-refractivity contribution in [3.05, 3.63) is 58.3 Å². The molecule has 18 heavy (non-hydrogen) atoms. The van der Waals surface area contributed by atoms with Crippen molar-refractivity contribution in [2.24, 2.45) is 0 Å². The first-order chi connectivity index (χ1) is 8.63. The molecule has 0 saturated heterocycles. The average molecular weight is 307 g/mol. The van der Waals surface area contributed by atoms with Gasteiger partial charge in [0.05, 0.1) is 0 Å². The Labute approximate surface area is 117 Å². The lowest BCUT2D eigenvalue weighted by molar-refractivity contribution is 0.588. The van der Waals surface area contributed by atoms with Crippen molar-refractivity contribution in [2.75, 3.05) is 0 Å². The van der Waals surface area contributed by atoms with Crippen LogP contribution in [0.15, 0.2) is 47.2 Å². The molecule has 1 heterocycles. The Hall–Kier alpha value is -1.06. The van der Waals surface area contributed by atoms with E-state index in [0.717, 1.165) is 17.6 Å². The molecule has 2 rings (SSSR count). The van der Waals surface area contributed by atoms with E-state index in [2.05, 4.69) is 82.4 Å². The first-order valence-corrected chi connectivity index (χ1v) is 7.05. The quantitative estimate of drug-likeness (QED) is 0.889. The molecular formula is C15H19BrN2. The second-order valence-electron chi connectivity index (χ2n) is 4.86. The number of halogens is 1. The summed E-state index contributed by atoms with van der Waals surface area (Å²) in [7, 11) is 0. The molecule has 2 aromatic rings. The van der Waals surface area contributed by atoms with Gasteiger partial charge >= 0.3 is 0 Å². The molecule has 2 nitrogen and oxygen atoms in total. The van der Waals surface area contributed by atoms with E-state index in [4.69, 9.17) is 0 Å².